The van der Waals surface area contributed by atoms with Crippen LogP contribution in [0.25, 0.3) is 0 Å². The first kappa shape index (κ1) is 40.2. The molecule has 5 atom stereocenters. The summed E-state index contributed by atoms with van der Waals surface area (Å²) in [7, 11) is -3.74. The second-order valence-corrected chi connectivity index (χ2v) is 18.8. The van der Waals surface area contributed by atoms with Crippen molar-refractivity contribution in [2.45, 2.75) is 127 Å². The highest BCUT2D eigenvalue weighted by molar-refractivity contribution is 7.92. The molecule has 290 valence electrons. The number of aryl methyl sites for hydroxylation is 1. The zero-order valence-corrected chi connectivity index (χ0v) is 32.2. The van der Waals surface area contributed by atoms with Gasteiger partial charge < -0.3 is 30.4 Å². The van der Waals surface area contributed by atoms with Gasteiger partial charge in [0.2, 0.25) is 5.91 Å². The summed E-state index contributed by atoms with van der Waals surface area (Å²) in [4.78, 5) is 56.0. The third-order valence-corrected chi connectivity index (χ3v) is 13.5. The Morgan fingerprint density at radius 3 is 2.25 bits per heavy atom. The third-order valence-electron chi connectivity index (χ3n) is 10.8. The molecule has 0 saturated heterocycles. The summed E-state index contributed by atoms with van der Waals surface area (Å²) in [6.07, 6.45) is 11.9. The molecule has 0 bridgehead atoms. The van der Waals surface area contributed by atoms with E-state index < -0.39 is 67.8 Å². The van der Waals surface area contributed by atoms with Crippen LogP contribution in [-0.2, 0) is 47.3 Å². The summed E-state index contributed by atoms with van der Waals surface area (Å²) in [6, 6.07) is 8.38. The zero-order valence-electron chi connectivity index (χ0n) is 31.3. The van der Waals surface area contributed by atoms with E-state index in [-0.39, 0.29) is 30.4 Å². The molecule has 0 unspecified atom stereocenters. The van der Waals surface area contributed by atoms with E-state index in [9.17, 15) is 27.9 Å². The predicted molar refractivity (Wildman–Crippen MR) is 200 cm³/mol. The van der Waals surface area contributed by atoms with E-state index in [0.717, 1.165) is 56.2 Å². The number of carbonyl (C=O) groups excluding carboxylic acids is 3. The van der Waals surface area contributed by atoms with Crippen molar-refractivity contribution in [3.05, 3.63) is 72.3 Å². The van der Waals surface area contributed by atoms with Gasteiger partial charge in [0, 0.05) is 11.9 Å². The van der Waals surface area contributed by atoms with E-state index >= 15 is 0 Å². The Labute approximate surface area is 312 Å². The van der Waals surface area contributed by atoms with Crippen molar-refractivity contribution in [1.29, 1.82) is 0 Å². The maximum Gasteiger partial charge on any atom is 0.306 e. The third kappa shape index (κ3) is 10.8. The lowest BCUT2D eigenvalue weighted by molar-refractivity contribution is -0.159. The van der Waals surface area contributed by atoms with E-state index in [1.807, 2.05) is 30.3 Å². The zero-order chi connectivity index (χ0) is 38.2. The van der Waals surface area contributed by atoms with Gasteiger partial charge in [-0.1, -0.05) is 62.4 Å². The van der Waals surface area contributed by atoms with Gasteiger partial charge in [0.25, 0.3) is 5.91 Å². The fourth-order valence-electron chi connectivity index (χ4n) is 7.11. The lowest BCUT2D eigenvalue weighted by Gasteiger charge is -2.37. The predicted octanol–water partition coefficient (Wildman–Crippen LogP) is 4.31. The Morgan fingerprint density at radius 1 is 0.962 bits per heavy atom. The van der Waals surface area contributed by atoms with Gasteiger partial charge in [-0.05, 0) is 77.2 Å². The van der Waals surface area contributed by atoms with Crippen molar-refractivity contribution in [3.63, 3.8) is 0 Å². The number of carbonyl (C=O) groups is 3. The van der Waals surface area contributed by atoms with E-state index in [1.165, 1.54) is 12.5 Å². The fraction of sp³-hybridized carbons (Fsp3) is 0.615. The number of sulfone groups is 1. The number of amides is 2. The van der Waals surface area contributed by atoms with Crippen LogP contribution >= 0.6 is 0 Å². The van der Waals surface area contributed by atoms with Gasteiger partial charge in [-0.3, -0.25) is 14.4 Å². The van der Waals surface area contributed by atoms with Crippen LogP contribution < -0.4 is 10.6 Å². The quantitative estimate of drug-likeness (QED) is 0.118. The number of hydrogen-bond donors (Lipinski definition) is 5. The number of nitrogens with zero attached hydrogens (tertiary/aromatic N) is 2. The first-order chi connectivity index (χ1) is 25.2. The second kappa shape index (κ2) is 17.4. The van der Waals surface area contributed by atoms with Crippen molar-refractivity contribution in [2.24, 2.45) is 17.8 Å². The van der Waals surface area contributed by atoms with Gasteiger partial charge in [0.1, 0.15) is 12.2 Å². The summed E-state index contributed by atoms with van der Waals surface area (Å²) >= 11 is 0. The molecule has 0 radical (unpaired) electrons. The first-order valence-corrected chi connectivity index (χ1v) is 20.5. The van der Waals surface area contributed by atoms with Gasteiger partial charge in [-0.25, -0.2) is 18.4 Å². The molecule has 2 amide bonds. The largest absolute Gasteiger partial charge is 0.459 e. The SMILES string of the molecule is CC(C)(C)S(=O)(=O)C[C@@H](Cc1ccccc1)C(=O)N[C@](C)(C(=O)N[C@@H](CC1CCCCC1)[C@@H](O)[C@@H](OC(=O)CCc1cnc[nH]1)C1CC1)c1cnc[nH]1. The lowest BCUT2D eigenvalue weighted by atomic mass is 9.82. The van der Waals surface area contributed by atoms with E-state index in [2.05, 4.69) is 30.6 Å². The summed E-state index contributed by atoms with van der Waals surface area (Å²) in [5.74, 6) is -2.88. The topological polar surface area (TPSA) is 196 Å². The number of hydrogen-bond acceptors (Lipinski definition) is 9. The van der Waals surface area contributed by atoms with Gasteiger partial charge in [-0.15, -0.1) is 0 Å². The highest BCUT2D eigenvalue weighted by Crippen LogP contribution is 2.38. The molecule has 3 aromatic rings. The molecule has 0 spiro atoms. The maximum atomic E-state index is 14.6. The smallest absolute Gasteiger partial charge is 0.306 e. The van der Waals surface area contributed by atoms with Crippen LogP contribution in [0.2, 0.25) is 0 Å². The van der Waals surface area contributed by atoms with Gasteiger partial charge in [-0.2, -0.15) is 0 Å². The monoisotopic (exact) mass is 752 g/mol. The molecular formula is C39H56N6O7S. The number of aromatic amines is 2. The molecule has 2 saturated carbocycles. The Balaban J connectivity index is 1.40. The molecule has 53 heavy (non-hydrogen) atoms. The van der Waals surface area contributed by atoms with Gasteiger partial charge in [0.05, 0.1) is 53.4 Å². The number of benzene rings is 1. The molecular weight excluding hydrogens is 697 g/mol. The second-order valence-electron chi connectivity index (χ2n) is 16.0. The van der Waals surface area contributed by atoms with Crippen LogP contribution in [0.15, 0.2) is 55.4 Å². The van der Waals surface area contributed by atoms with E-state index in [4.69, 9.17) is 4.74 Å². The molecule has 2 fully saturated rings. The molecule has 5 rings (SSSR count). The highest BCUT2D eigenvalue weighted by atomic mass is 32.2. The van der Waals surface area contributed by atoms with Crippen molar-refractivity contribution in [3.8, 4) is 0 Å². The number of aliphatic hydroxyl groups excluding tert-OH is 1. The Bertz CT molecular complexity index is 1730. The molecule has 1 aromatic carbocycles. The minimum atomic E-state index is -3.74. The minimum absolute atomic E-state index is 0.0333. The number of imidazole rings is 2. The first-order valence-electron chi connectivity index (χ1n) is 18.9. The molecule has 13 nitrogen and oxygen atoms in total. The average molecular weight is 753 g/mol. The molecule has 2 heterocycles. The average Bonchev–Trinajstić information content (AvgIpc) is 3.54. The number of nitrogens with one attached hydrogen (secondary N) is 4. The fourth-order valence-corrected chi connectivity index (χ4v) is 8.41. The molecule has 2 aliphatic rings. The maximum absolute atomic E-state index is 14.6. The van der Waals surface area contributed by atoms with Crippen LogP contribution in [0, 0.1) is 17.8 Å². The van der Waals surface area contributed by atoms with Crippen molar-refractivity contribution < 1.29 is 32.6 Å². The molecule has 14 heteroatoms. The number of aromatic nitrogens is 4. The van der Waals surface area contributed by atoms with Crippen LogP contribution in [-0.4, -0.2) is 80.0 Å². The Hall–Kier alpha value is -4.04. The van der Waals surface area contributed by atoms with Crippen LogP contribution in [0.4, 0.5) is 0 Å². The minimum Gasteiger partial charge on any atom is -0.459 e. The highest BCUT2D eigenvalue weighted by Gasteiger charge is 2.46. The standard InChI is InChI=1S/C39H56N6O7S/c1-38(2,3)53(50,51)23-29(19-26-11-7-5-8-12-26)36(48)45-39(4,32-22-41-25-43-32)37(49)44-31(20-27-13-9-6-10-14-27)34(47)35(28-15-16-28)52-33(46)18-17-30-21-40-24-42-30/h5,7-8,11-12,21-22,24-25,27-29,31,34-35,47H,6,9-10,13-20,23H2,1-4H3,(H,40,42)(H,41,43)(H,44,49)(H,45,48)/t29-,31+,34-,35+,39+/m1/s1. The molecule has 5 N–H and O–H groups in total. The number of aliphatic hydroxyl groups is 1. The summed E-state index contributed by atoms with van der Waals surface area (Å²) in [5, 5.41) is 18.0. The number of rotatable bonds is 18. The lowest BCUT2D eigenvalue weighted by Crippen LogP contribution is -2.61. The number of esters is 1. The van der Waals surface area contributed by atoms with Crippen LogP contribution in [0.1, 0.15) is 102 Å². The van der Waals surface area contributed by atoms with Gasteiger partial charge in [0.15, 0.2) is 15.4 Å². The van der Waals surface area contributed by atoms with Crippen molar-refractivity contribution in [1.82, 2.24) is 30.6 Å². The van der Waals surface area contributed by atoms with Crippen molar-refractivity contribution >= 4 is 27.6 Å². The number of H-pyrrole nitrogens is 2. The molecule has 2 aliphatic carbocycles. The van der Waals surface area contributed by atoms with Crippen LogP contribution in [0.3, 0.4) is 0 Å². The van der Waals surface area contributed by atoms with E-state index in [0.29, 0.717) is 12.8 Å². The summed E-state index contributed by atoms with van der Waals surface area (Å²) in [6.45, 7) is 6.35. The normalized spacial score (nSPS) is 19.0. The molecule has 0 aliphatic heterocycles. The van der Waals surface area contributed by atoms with Gasteiger partial charge >= 0.3 is 5.97 Å². The molecule has 2 aromatic heterocycles. The van der Waals surface area contributed by atoms with E-state index in [1.54, 1.807) is 40.2 Å². The Morgan fingerprint density at radius 2 is 1.64 bits per heavy atom. The summed E-state index contributed by atoms with van der Waals surface area (Å²) < 4.78 is 31.8. The number of ether oxygens (including phenoxy) is 1. The Kier molecular flexibility index (Phi) is 13.2. The van der Waals surface area contributed by atoms with Crippen LogP contribution in [0.5, 0.6) is 0 Å². The summed E-state index contributed by atoms with van der Waals surface area (Å²) in [5.41, 5.74) is 0.143. The van der Waals surface area contributed by atoms with Crippen molar-refractivity contribution in [2.75, 3.05) is 5.75 Å².